The van der Waals surface area contributed by atoms with E-state index in [0.29, 0.717) is 4.96 Å². The zero-order valence-electron chi connectivity index (χ0n) is 12.6. The Morgan fingerprint density at radius 2 is 2.09 bits per heavy atom. The third-order valence-electron chi connectivity index (χ3n) is 4.49. The molecule has 1 fully saturated rings. The first-order valence-corrected chi connectivity index (χ1v) is 8.67. The summed E-state index contributed by atoms with van der Waals surface area (Å²) in [6.45, 7) is 2.04. The molecule has 2 aromatic heterocycles. The molecular weight excluding hydrogens is 315 g/mol. The maximum absolute atomic E-state index is 13.8. The van der Waals surface area contributed by atoms with Gasteiger partial charge in [-0.25, -0.2) is 9.37 Å². The third kappa shape index (κ3) is 2.60. The summed E-state index contributed by atoms with van der Waals surface area (Å²) in [5.41, 5.74) is 0.890. The molecule has 1 atom stereocenters. The topological polar surface area (TPSA) is 54.9 Å². The van der Waals surface area contributed by atoms with Crippen LogP contribution in [-0.4, -0.2) is 32.8 Å². The molecule has 3 heterocycles. The highest BCUT2D eigenvalue weighted by Crippen LogP contribution is 2.34. The minimum Gasteiger partial charge on any atom is -0.492 e. The lowest BCUT2D eigenvalue weighted by atomic mass is 10.0. The molecule has 1 aromatic carbocycles. The fraction of sp³-hybridized carbons (Fsp3) is 0.375. The molecule has 5 nitrogen and oxygen atoms in total. The van der Waals surface area contributed by atoms with Gasteiger partial charge in [0.25, 0.3) is 0 Å². The number of nitrogens with zero attached hydrogens (tertiary/aromatic N) is 3. The number of quaternary nitrogens is 1. The number of nitrogens with one attached hydrogen (secondary N) is 1. The van der Waals surface area contributed by atoms with Crippen LogP contribution in [0.5, 0.6) is 5.88 Å². The molecule has 2 N–H and O–H groups in total. The average Bonchev–Trinajstić information content (AvgIpc) is 3.13. The van der Waals surface area contributed by atoms with Crippen molar-refractivity contribution >= 4 is 16.3 Å². The van der Waals surface area contributed by atoms with Crippen LogP contribution in [0, 0.1) is 5.82 Å². The lowest BCUT2D eigenvalue weighted by molar-refractivity contribution is -0.930. The van der Waals surface area contributed by atoms with Crippen LogP contribution in [0.3, 0.4) is 0 Å². The van der Waals surface area contributed by atoms with Gasteiger partial charge in [-0.15, -0.1) is 0 Å². The standard InChI is InChI=1S/C16H17FN4OS/c17-12-6-4-5-11(9-12)13(20-7-2-1-3-8-20)14-15(22)21-16(23-14)18-10-19-21/h4-6,9-10,13,22H,1-3,7-8H2/p+1/t13-/m1/s1. The lowest BCUT2D eigenvalue weighted by Crippen LogP contribution is -3.13. The molecule has 0 unspecified atom stereocenters. The Balaban J connectivity index is 1.83. The van der Waals surface area contributed by atoms with Crippen LogP contribution in [0.2, 0.25) is 0 Å². The monoisotopic (exact) mass is 333 g/mol. The molecule has 23 heavy (non-hydrogen) atoms. The fourth-order valence-corrected chi connectivity index (χ4v) is 4.55. The molecule has 1 saturated heterocycles. The van der Waals surface area contributed by atoms with E-state index in [-0.39, 0.29) is 17.7 Å². The number of piperidine rings is 1. The van der Waals surface area contributed by atoms with Gasteiger partial charge < -0.3 is 10.0 Å². The molecule has 0 aliphatic carbocycles. The molecule has 1 aliphatic heterocycles. The van der Waals surface area contributed by atoms with E-state index in [1.165, 1.54) is 39.6 Å². The van der Waals surface area contributed by atoms with Crippen molar-refractivity contribution in [3.05, 3.63) is 46.9 Å². The second-order valence-corrected chi connectivity index (χ2v) is 6.96. The van der Waals surface area contributed by atoms with Crippen molar-refractivity contribution in [1.29, 1.82) is 0 Å². The van der Waals surface area contributed by atoms with Crippen LogP contribution in [0.1, 0.15) is 35.7 Å². The van der Waals surface area contributed by atoms with E-state index in [4.69, 9.17) is 0 Å². The maximum atomic E-state index is 13.8. The second-order valence-electron chi connectivity index (χ2n) is 5.95. The van der Waals surface area contributed by atoms with Crippen molar-refractivity contribution in [2.75, 3.05) is 13.1 Å². The zero-order valence-corrected chi connectivity index (χ0v) is 13.4. The average molecular weight is 333 g/mol. The lowest BCUT2D eigenvalue weighted by Gasteiger charge is -2.31. The van der Waals surface area contributed by atoms with Crippen LogP contribution in [0.4, 0.5) is 4.39 Å². The Morgan fingerprint density at radius 1 is 1.26 bits per heavy atom. The van der Waals surface area contributed by atoms with E-state index in [2.05, 4.69) is 10.1 Å². The van der Waals surface area contributed by atoms with Crippen LogP contribution < -0.4 is 4.90 Å². The van der Waals surface area contributed by atoms with Crippen molar-refractivity contribution in [1.82, 2.24) is 14.6 Å². The SMILES string of the molecule is Oc1c([C@@H](c2cccc(F)c2)[NH+]2CCCCC2)sc2ncnn12. The molecule has 4 rings (SSSR count). The molecule has 0 radical (unpaired) electrons. The van der Waals surface area contributed by atoms with Gasteiger partial charge in [-0.05, 0) is 31.4 Å². The molecule has 1 aliphatic rings. The van der Waals surface area contributed by atoms with E-state index in [1.807, 2.05) is 6.07 Å². The number of rotatable bonds is 3. The van der Waals surface area contributed by atoms with E-state index in [1.54, 1.807) is 12.1 Å². The molecule has 120 valence electrons. The summed E-state index contributed by atoms with van der Waals surface area (Å²) in [6, 6.07) is 6.61. The van der Waals surface area contributed by atoms with Gasteiger partial charge in [-0.2, -0.15) is 9.61 Å². The van der Waals surface area contributed by atoms with Crippen LogP contribution in [0.15, 0.2) is 30.6 Å². The number of benzene rings is 1. The first-order chi connectivity index (χ1) is 11.2. The Hall–Kier alpha value is -1.99. The van der Waals surface area contributed by atoms with Crippen molar-refractivity contribution in [2.24, 2.45) is 0 Å². The molecule has 0 saturated carbocycles. The molecular formula is C16H18FN4OS+. The Bertz CT molecular complexity index is 824. The smallest absolute Gasteiger partial charge is 0.235 e. The van der Waals surface area contributed by atoms with Gasteiger partial charge in [0.2, 0.25) is 10.8 Å². The zero-order chi connectivity index (χ0) is 15.8. The largest absolute Gasteiger partial charge is 0.492 e. The van der Waals surface area contributed by atoms with Gasteiger partial charge in [0.1, 0.15) is 17.0 Å². The Kier molecular flexibility index (Phi) is 3.74. The third-order valence-corrected chi connectivity index (χ3v) is 5.59. The number of hydrogen-bond donors (Lipinski definition) is 2. The molecule has 0 bridgehead atoms. The van der Waals surface area contributed by atoms with Gasteiger partial charge in [0, 0.05) is 5.56 Å². The summed E-state index contributed by atoms with van der Waals surface area (Å²) in [7, 11) is 0. The number of thiazole rings is 1. The van der Waals surface area contributed by atoms with Gasteiger partial charge in [0.05, 0.1) is 13.1 Å². The second kappa shape index (κ2) is 5.90. The Morgan fingerprint density at radius 3 is 2.83 bits per heavy atom. The predicted octanol–water partition coefficient (Wildman–Crippen LogP) is 1.79. The highest BCUT2D eigenvalue weighted by molar-refractivity contribution is 7.17. The van der Waals surface area contributed by atoms with Crippen molar-refractivity contribution in [3.63, 3.8) is 0 Å². The number of likely N-dealkylation sites (tertiary alicyclic amines) is 1. The number of hydrogen-bond acceptors (Lipinski definition) is 4. The first-order valence-electron chi connectivity index (χ1n) is 7.85. The molecule has 0 amide bonds. The predicted molar refractivity (Wildman–Crippen MR) is 85.3 cm³/mol. The van der Waals surface area contributed by atoms with Gasteiger partial charge in [0.15, 0.2) is 6.04 Å². The normalized spacial score (nSPS) is 17.6. The van der Waals surface area contributed by atoms with Gasteiger partial charge in [-0.1, -0.05) is 23.5 Å². The van der Waals surface area contributed by atoms with Crippen molar-refractivity contribution in [2.45, 2.75) is 25.3 Å². The van der Waals surface area contributed by atoms with Crippen LogP contribution in [-0.2, 0) is 0 Å². The van der Waals surface area contributed by atoms with Gasteiger partial charge >= 0.3 is 0 Å². The number of halogens is 1. The fourth-order valence-electron chi connectivity index (χ4n) is 3.44. The van der Waals surface area contributed by atoms with E-state index >= 15 is 0 Å². The molecule has 0 spiro atoms. The number of aromatic hydroxyl groups is 1. The summed E-state index contributed by atoms with van der Waals surface area (Å²) in [4.78, 5) is 7.00. The highest BCUT2D eigenvalue weighted by atomic mass is 32.1. The van der Waals surface area contributed by atoms with Crippen LogP contribution in [0.25, 0.3) is 4.96 Å². The van der Waals surface area contributed by atoms with Crippen LogP contribution >= 0.6 is 11.3 Å². The highest BCUT2D eigenvalue weighted by Gasteiger charge is 2.33. The number of aromatic nitrogens is 3. The minimum absolute atomic E-state index is 0.0838. The van der Waals surface area contributed by atoms with Crippen molar-refractivity contribution < 1.29 is 14.4 Å². The molecule has 3 aromatic rings. The van der Waals surface area contributed by atoms with Gasteiger partial charge in [-0.3, -0.25) is 0 Å². The van der Waals surface area contributed by atoms with E-state index in [0.717, 1.165) is 36.4 Å². The summed E-state index contributed by atoms with van der Waals surface area (Å²) in [6.07, 6.45) is 4.98. The Labute approximate surface area is 137 Å². The van der Waals surface area contributed by atoms with E-state index in [9.17, 15) is 9.50 Å². The van der Waals surface area contributed by atoms with Crippen molar-refractivity contribution in [3.8, 4) is 5.88 Å². The summed E-state index contributed by atoms with van der Waals surface area (Å²) < 4.78 is 15.2. The number of fused-ring (bicyclic) bond motifs is 1. The summed E-state index contributed by atoms with van der Waals surface area (Å²) in [5.74, 6) is -0.127. The summed E-state index contributed by atoms with van der Waals surface area (Å²) in [5, 5.41) is 14.6. The quantitative estimate of drug-likeness (QED) is 0.768. The first kappa shape index (κ1) is 14.6. The van der Waals surface area contributed by atoms with E-state index < -0.39 is 0 Å². The summed E-state index contributed by atoms with van der Waals surface area (Å²) >= 11 is 1.43. The minimum atomic E-state index is -0.247. The molecule has 7 heteroatoms. The maximum Gasteiger partial charge on any atom is 0.235 e.